The molecule has 0 heterocycles. The third-order valence-corrected chi connectivity index (χ3v) is 3.53. The molecule has 0 fully saturated rings. The van der Waals surface area contributed by atoms with E-state index in [9.17, 15) is 14.4 Å². The van der Waals surface area contributed by atoms with Crippen LogP contribution in [0, 0.1) is 0 Å². The van der Waals surface area contributed by atoms with Gasteiger partial charge in [0, 0.05) is 32.0 Å². The molecule has 0 spiro atoms. The molecule has 2 N–H and O–H groups in total. The lowest BCUT2D eigenvalue weighted by molar-refractivity contribution is -0.137. The zero-order valence-corrected chi connectivity index (χ0v) is 14.0. The Balaban J connectivity index is 2.59. The van der Waals surface area contributed by atoms with E-state index in [1.165, 1.54) is 4.90 Å². The van der Waals surface area contributed by atoms with Gasteiger partial charge in [0.05, 0.1) is 12.5 Å². The van der Waals surface area contributed by atoms with Crippen LogP contribution >= 0.6 is 11.6 Å². The van der Waals surface area contributed by atoms with Crippen LogP contribution in [0.3, 0.4) is 0 Å². The van der Waals surface area contributed by atoms with Crippen LogP contribution in [0.5, 0.6) is 0 Å². The maximum absolute atomic E-state index is 12.0. The number of carboxylic acids is 1. The predicted molar refractivity (Wildman–Crippen MR) is 87.1 cm³/mol. The Morgan fingerprint density at radius 2 is 1.78 bits per heavy atom. The molecule has 1 aromatic rings. The summed E-state index contributed by atoms with van der Waals surface area (Å²) in [5, 5.41) is 12.2. The van der Waals surface area contributed by atoms with Gasteiger partial charge in [-0.3, -0.25) is 14.4 Å². The second-order valence-electron chi connectivity index (χ2n) is 5.41. The Bertz CT molecular complexity index is 558. The molecule has 0 unspecified atom stereocenters. The highest BCUT2D eigenvalue weighted by Crippen LogP contribution is 2.20. The average Bonchev–Trinajstić information content (AvgIpc) is 2.46. The van der Waals surface area contributed by atoms with Crippen LogP contribution in [-0.2, 0) is 14.4 Å². The van der Waals surface area contributed by atoms with Crippen molar-refractivity contribution in [3.8, 4) is 0 Å². The summed E-state index contributed by atoms with van der Waals surface area (Å²) in [6.45, 7) is 0. The minimum atomic E-state index is -1.01. The van der Waals surface area contributed by atoms with Crippen molar-refractivity contribution in [1.82, 2.24) is 10.2 Å². The summed E-state index contributed by atoms with van der Waals surface area (Å²) in [5.41, 5.74) is 0.675. The van der Waals surface area contributed by atoms with Gasteiger partial charge in [0.2, 0.25) is 11.8 Å². The fourth-order valence-corrected chi connectivity index (χ4v) is 2.14. The van der Waals surface area contributed by atoms with E-state index in [0.29, 0.717) is 17.0 Å². The van der Waals surface area contributed by atoms with Gasteiger partial charge in [-0.25, -0.2) is 0 Å². The van der Waals surface area contributed by atoms with Gasteiger partial charge >= 0.3 is 5.97 Å². The Hall–Kier alpha value is -2.08. The maximum atomic E-state index is 12.0. The van der Waals surface area contributed by atoms with Crippen LogP contribution in [0.2, 0.25) is 5.02 Å². The fraction of sp³-hybridized carbons (Fsp3) is 0.438. The Morgan fingerprint density at radius 3 is 2.30 bits per heavy atom. The van der Waals surface area contributed by atoms with E-state index in [0.717, 1.165) is 0 Å². The molecule has 0 aliphatic heterocycles. The second kappa shape index (κ2) is 9.15. The highest BCUT2D eigenvalue weighted by molar-refractivity contribution is 6.30. The van der Waals surface area contributed by atoms with Crippen LogP contribution < -0.4 is 5.32 Å². The maximum Gasteiger partial charge on any atom is 0.305 e. The molecule has 0 aliphatic rings. The van der Waals surface area contributed by atoms with Gasteiger partial charge in [0.25, 0.3) is 0 Å². The van der Waals surface area contributed by atoms with E-state index >= 15 is 0 Å². The monoisotopic (exact) mass is 340 g/mol. The van der Waals surface area contributed by atoms with Gasteiger partial charge in [-0.2, -0.15) is 0 Å². The summed E-state index contributed by atoms with van der Waals surface area (Å²) < 4.78 is 0. The van der Waals surface area contributed by atoms with Gasteiger partial charge in [0.1, 0.15) is 0 Å². The molecule has 0 saturated carbocycles. The number of rotatable bonds is 8. The zero-order chi connectivity index (χ0) is 17.4. The van der Waals surface area contributed by atoms with E-state index in [4.69, 9.17) is 16.7 Å². The number of hydrogen-bond acceptors (Lipinski definition) is 3. The Morgan fingerprint density at radius 1 is 1.17 bits per heavy atom. The van der Waals surface area contributed by atoms with Crippen LogP contribution in [0.1, 0.15) is 37.3 Å². The third kappa shape index (κ3) is 7.15. The molecular weight excluding hydrogens is 320 g/mol. The molecule has 0 aliphatic carbocycles. The molecule has 1 aromatic carbocycles. The molecule has 23 heavy (non-hydrogen) atoms. The van der Waals surface area contributed by atoms with Crippen molar-refractivity contribution >= 4 is 29.4 Å². The number of nitrogens with zero attached hydrogens (tertiary/aromatic N) is 1. The topological polar surface area (TPSA) is 86.7 Å². The van der Waals surface area contributed by atoms with Crippen LogP contribution in [0.4, 0.5) is 0 Å². The highest BCUT2D eigenvalue weighted by Gasteiger charge is 2.18. The number of nitrogens with one attached hydrogen (secondary N) is 1. The number of halogens is 1. The molecule has 7 heteroatoms. The first kappa shape index (κ1) is 19.0. The SMILES string of the molecule is CN(C)C(=O)CCCC(=O)N[C@@H](CC(=O)O)c1ccc(Cl)cc1. The van der Waals surface area contributed by atoms with Crippen molar-refractivity contribution in [2.45, 2.75) is 31.7 Å². The number of carboxylic acid groups (broad SMARTS) is 1. The highest BCUT2D eigenvalue weighted by atomic mass is 35.5. The lowest BCUT2D eigenvalue weighted by Crippen LogP contribution is -2.30. The first-order chi connectivity index (χ1) is 10.8. The minimum Gasteiger partial charge on any atom is -0.481 e. The van der Waals surface area contributed by atoms with Gasteiger partial charge in [-0.05, 0) is 24.1 Å². The summed E-state index contributed by atoms with van der Waals surface area (Å²) in [4.78, 5) is 35.9. The van der Waals surface area contributed by atoms with Gasteiger partial charge in [-0.15, -0.1) is 0 Å². The van der Waals surface area contributed by atoms with Crippen LogP contribution in [0.25, 0.3) is 0 Å². The van der Waals surface area contributed by atoms with Crippen LogP contribution in [0.15, 0.2) is 24.3 Å². The smallest absolute Gasteiger partial charge is 0.305 e. The summed E-state index contributed by atoms with van der Waals surface area (Å²) >= 11 is 5.81. The lowest BCUT2D eigenvalue weighted by atomic mass is 10.0. The molecule has 0 saturated heterocycles. The van der Waals surface area contributed by atoms with Crippen LogP contribution in [-0.4, -0.2) is 41.9 Å². The number of carbonyl (C=O) groups excluding carboxylic acids is 2. The molecule has 1 rings (SSSR count). The Labute approximate surface area is 140 Å². The van der Waals surface area contributed by atoms with E-state index in [1.807, 2.05) is 0 Å². The van der Waals surface area contributed by atoms with E-state index in [-0.39, 0.29) is 31.1 Å². The second-order valence-corrected chi connectivity index (χ2v) is 5.85. The summed E-state index contributed by atoms with van der Waals surface area (Å²) in [6, 6.07) is 6.04. The third-order valence-electron chi connectivity index (χ3n) is 3.28. The first-order valence-corrected chi connectivity index (χ1v) is 7.64. The minimum absolute atomic E-state index is 0.0439. The molecular formula is C16H21ClN2O4. The van der Waals surface area contributed by atoms with E-state index < -0.39 is 12.0 Å². The zero-order valence-electron chi connectivity index (χ0n) is 13.2. The van der Waals surface area contributed by atoms with Crippen molar-refractivity contribution in [2.75, 3.05) is 14.1 Å². The molecule has 0 aromatic heterocycles. The molecule has 0 bridgehead atoms. The normalized spacial score (nSPS) is 11.6. The quantitative estimate of drug-likeness (QED) is 0.759. The summed E-state index contributed by atoms with van der Waals surface area (Å²) in [6.07, 6.45) is 0.654. The largest absolute Gasteiger partial charge is 0.481 e. The number of carbonyl (C=O) groups is 3. The molecule has 2 amide bonds. The summed E-state index contributed by atoms with van der Waals surface area (Å²) in [7, 11) is 3.32. The van der Waals surface area contributed by atoms with Crippen molar-refractivity contribution in [3.05, 3.63) is 34.9 Å². The molecule has 6 nitrogen and oxygen atoms in total. The van der Waals surface area contributed by atoms with Crippen molar-refractivity contribution < 1.29 is 19.5 Å². The Kier molecular flexibility index (Phi) is 7.54. The van der Waals surface area contributed by atoms with E-state index in [2.05, 4.69) is 5.32 Å². The number of aliphatic carboxylic acids is 1. The van der Waals surface area contributed by atoms with Gasteiger partial charge in [-0.1, -0.05) is 23.7 Å². The van der Waals surface area contributed by atoms with Crippen molar-refractivity contribution in [1.29, 1.82) is 0 Å². The number of amides is 2. The summed E-state index contributed by atoms with van der Waals surface area (Å²) in [5.74, 6) is -1.33. The first-order valence-electron chi connectivity index (χ1n) is 7.26. The van der Waals surface area contributed by atoms with Crippen molar-refractivity contribution in [3.63, 3.8) is 0 Å². The number of benzene rings is 1. The number of hydrogen-bond donors (Lipinski definition) is 2. The average molecular weight is 341 g/mol. The molecule has 0 radical (unpaired) electrons. The fourth-order valence-electron chi connectivity index (χ4n) is 2.01. The van der Waals surface area contributed by atoms with Crippen molar-refractivity contribution in [2.24, 2.45) is 0 Å². The predicted octanol–water partition coefficient (Wildman–Crippen LogP) is 2.23. The van der Waals surface area contributed by atoms with Gasteiger partial charge < -0.3 is 15.3 Å². The lowest BCUT2D eigenvalue weighted by Gasteiger charge is -2.18. The van der Waals surface area contributed by atoms with E-state index in [1.54, 1.807) is 38.4 Å². The molecule has 1 atom stereocenters. The molecule has 126 valence electrons. The van der Waals surface area contributed by atoms with Gasteiger partial charge in [0.15, 0.2) is 0 Å². The standard InChI is InChI=1S/C16H21ClN2O4/c1-19(2)15(21)5-3-4-14(20)18-13(10-16(22)23)11-6-8-12(17)9-7-11/h6-9,13H,3-5,10H2,1-2H3,(H,18,20)(H,22,23)/t13-/m0/s1.